The molecule has 1 saturated carbocycles. The lowest BCUT2D eigenvalue weighted by atomic mass is 10.2. The number of aromatic nitrogens is 4. The largest absolute Gasteiger partial charge is 0.492 e. The van der Waals surface area contributed by atoms with Crippen LogP contribution < -0.4 is 15.4 Å². The van der Waals surface area contributed by atoms with Gasteiger partial charge in [0.15, 0.2) is 11.6 Å². The smallest absolute Gasteiger partial charge is 0.233 e. The molecule has 1 aliphatic heterocycles. The molecule has 0 atom stereocenters. The van der Waals surface area contributed by atoms with Crippen molar-refractivity contribution in [2.45, 2.75) is 31.7 Å². The molecular weight excluding hydrogens is 406 g/mol. The molecule has 9 heteroatoms. The first-order valence-corrected chi connectivity index (χ1v) is 10.9. The van der Waals surface area contributed by atoms with E-state index in [-0.39, 0.29) is 12.3 Å². The SMILES string of the molecule is CN(C)CCOc1ccc(CN2C(=O)Cc3c(N)nc(-c4ncc(C5CC5)[nH]4)nc32)cc1. The van der Waals surface area contributed by atoms with Gasteiger partial charge in [-0.2, -0.15) is 0 Å². The molecule has 3 N–H and O–H groups in total. The lowest BCUT2D eigenvalue weighted by Gasteiger charge is -2.17. The molecular formula is C23H27N7O2. The summed E-state index contributed by atoms with van der Waals surface area (Å²) in [5, 5.41) is 0. The first-order chi connectivity index (χ1) is 15.5. The maximum absolute atomic E-state index is 12.8. The van der Waals surface area contributed by atoms with E-state index in [0.717, 1.165) is 23.6 Å². The summed E-state index contributed by atoms with van der Waals surface area (Å²) in [7, 11) is 4.02. The predicted octanol–water partition coefficient (Wildman–Crippen LogP) is 2.36. The summed E-state index contributed by atoms with van der Waals surface area (Å²) in [6.45, 7) is 1.88. The van der Waals surface area contributed by atoms with E-state index in [1.165, 1.54) is 12.8 Å². The Balaban J connectivity index is 1.35. The van der Waals surface area contributed by atoms with Crippen LogP contribution >= 0.6 is 0 Å². The summed E-state index contributed by atoms with van der Waals surface area (Å²) < 4.78 is 5.75. The van der Waals surface area contributed by atoms with Gasteiger partial charge in [-0.1, -0.05) is 12.1 Å². The molecule has 5 rings (SSSR count). The van der Waals surface area contributed by atoms with Crippen LogP contribution in [-0.4, -0.2) is 58.0 Å². The molecule has 9 nitrogen and oxygen atoms in total. The summed E-state index contributed by atoms with van der Waals surface area (Å²) >= 11 is 0. The molecule has 3 aromatic rings. The second-order valence-electron chi connectivity index (χ2n) is 8.65. The Morgan fingerprint density at radius 1 is 1.22 bits per heavy atom. The highest BCUT2D eigenvalue weighted by Crippen LogP contribution is 2.40. The number of H-pyrrole nitrogens is 1. The average molecular weight is 434 g/mol. The summed E-state index contributed by atoms with van der Waals surface area (Å²) in [5.41, 5.74) is 8.97. The number of nitrogens with one attached hydrogen (secondary N) is 1. The molecule has 0 bridgehead atoms. The molecule has 0 radical (unpaired) electrons. The molecule has 3 heterocycles. The molecule has 0 saturated heterocycles. The van der Waals surface area contributed by atoms with Gasteiger partial charge in [0, 0.05) is 29.9 Å². The van der Waals surface area contributed by atoms with Crippen LogP contribution in [0.1, 0.15) is 35.6 Å². The quantitative estimate of drug-likeness (QED) is 0.561. The topological polar surface area (TPSA) is 113 Å². The van der Waals surface area contributed by atoms with Crippen LogP contribution in [0.4, 0.5) is 11.6 Å². The number of hydrogen-bond acceptors (Lipinski definition) is 7. The number of nitrogen functional groups attached to an aromatic ring is 1. The van der Waals surface area contributed by atoms with Gasteiger partial charge in [0.1, 0.15) is 24.0 Å². The summed E-state index contributed by atoms with van der Waals surface area (Å²) in [6.07, 6.45) is 4.40. The Morgan fingerprint density at radius 3 is 2.72 bits per heavy atom. The average Bonchev–Trinajstić information content (AvgIpc) is 3.41. The van der Waals surface area contributed by atoms with Gasteiger partial charge >= 0.3 is 0 Å². The van der Waals surface area contributed by atoms with Crippen LogP contribution in [0.5, 0.6) is 5.75 Å². The van der Waals surface area contributed by atoms with Crippen molar-refractivity contribution in [3.05, 3.63) is 47.3 Å². The molecule has 1 aliphatic carbocycles. The van der Waals surface area contributed by atoms with Gasteiger partial charge in [-0.05, 0) is 44.6 Å². The minimum absolute atomic E-state index is 0.0393. The van der Waals surface area contributed by atoms with Gasteiger partial charge in [0.05, 0.1) is 13.0 Å². The van der Waals surface area contributed by atoms with Crippen LogP contribution in [0.15, 0.2) is 30.5 Å². The van der Waals surface area contributed by atoms with Crippen LogP contribution in [-0.2, 0) is 17.8 Å². The van der Waals surface area contributed by atoms with Crippen molar-refractivity contribution in [1.29, 1.82) is 0 Å². The highest BCUT2D eigenvalue weighted by molar-refractivity contribution is 6.01. The minimum atomic E-state index is -0.0393. The number of carbonyl (C=O) groups is 1. The number of nitrogens with two attached hydrogens (primary N) is 1. The van der Waals surface area contributed by atoms with Gasteiger partial charge in [0.2, 0.25) is 5.91 Å². The van der Waals surface area contributed by atoms with Crippen LogP contribution in [0.25, 0.3) is 11.6 Å². The van der Waals surface area contributed by atoms with E-state index in [9.17, 15) is 4.79 Å². The molecule has 2 aliphatic rings. The summed E-state index contributed by atoms with van der Waals surface area (Å²) in [6, 6.07) is 7.79. The normalized spacial score (nSPS) is 15.5. The van der Waals surface area contributed by atoms with E-state index in [0.29, 0.717) is 47.9 Å². The number of aromatic amines is 1. The summed E-state index contributed by atoms with van der Waals surface area (Å²) in [4.78, 5) is 33.3. The fourth-order valence-electron chi connectivity index (χ4n) is 3.79. The predicted molar refractivity (Wildman–Crippen MR) is 121 cm³/mol. The second kappa shape index (κ2) is 8.23. The third-order valence-electron chi connectivity index (χ3n) is 5.80. The number of benzene rings is 1. The highest BCUT2D eigenvalue weighted by atomic mass is 16.5. The zero-order chi connectivity index (χ0) is 22.2. The molecule has 1 amide bonds. The number of ether oxygens (including phenoxy) is 1. The number of carbonyl (C=O) groups excluding carboxylic acids is 1. The molecule has 166 valence electrons. The van der Waals surface area contributed by atoms with Gasteiger partial charge < -0.3 is 20.4 Å². The van der Waals surface area contributed by atoms with Crippen LogP contribution in [0, 0.1) is 0 Å². The fraction of sp³-hybridized carbons (Fsp3) is 0.391. The molecule has 2 aromatic heterocycles. The minimum Gasteiger partial charge on any atom is -0.492 e. The standard InChI is InChI=1S/C23H27N7O2/c1-29(2)9-10-32-16-7-3-14(4-8-16)13-30-19(31)11-17-20(24)27-22(28-23(17)30)21-25-12-18(26-21)15-5-6-15/h3-4,7-8,12,15H,5-6,9-11,13H2,1-2H3,(H,25,26)(H2,24,27,28). The number of anilines is 2. The van der Waals surface area contributed by atoms with E-state index in [2.05, 4.69) is 24.8 Å². The van der Waals surface area contributed by atoms with Gasteiger partial charge in [-0.15, -0.1) is 0 Å². The molecule has 1 fully saturated rings. The van der Waals surface area contributed by atoms with Crippen molar-refractivity contribution in [1.82, 2.24) is 24.8 Å². The third kappa shape index (κ3) is 4.16. The van der Waals surface area contributed by atoms with Crippen LogP contribution in [0.2, 0.25) is 0 Å². The van der Waals surface area contributed by atoms with Crippen LogP contribution in [0.3, 0.4) is 0 Å². The Kier molecular flexibility index (Phi) is 5.26. The lowest BCUT2D eigenvalue weighted by Crippen LogP contribution is -2.26. The van der Waals surface area contributed by atoms with Gasteiger partial charge in [-0.3, -0.25) is 9.69 Å². The van der Waals surface area contributed by atoms with E-state index in [4.69, 9.17) is 10.5 Å². The van der Waals surface area contributed by atoms with E-state index in [1.54, 1.807) is 4.90 Å². The first-order valence-electron chi connectivity index (χ1n) is 10.9. The number of rotatable bonds is 8. The second-order valence-corrected chi connectivity index (χ2v) is 8.65. The Bertz CT molecular complexity index is 1140. The molecule has 1 aromatic carbocycles. The Morgan fingerprint density at radius 2 is 2.00 bits per heavy atom. The van der Waals surface area contributed by atoms with Crippen molar-refractivity contribution >= 4 is 17.5 Å². The van der Waals surface area contributed by atoms with E-state index >= 15 is 0 Å². The maximum atomic E-state index is 12.8. The fourth-order valence-corrected chi connectivity index (χ4v) is 3.79. The van der Waals surface area contributed by atoms with Crippen molar-refractivity contribution in [2.24, 2.45) is 0 Å². The Hall–Kier alpha value is -3.46. The van der Waals surface area contributed by atoms with Crippen molar-refractivity contribution in [2.75, 3.05) is 37.9 Å². The number of amides is 1. The number of fused-ring (bicyclic) bond motifs is 1. The summed E-state index contributed by atoms with van der Waals surface area (Å²) in [5.74, 6) is 3.21. The number of likely N-dealkylation sites (N-methyl/N-ethyl adjacent to an activating group) is 1. The molecule has 32 heavy (non-hydrogen) atoms. The maximum Gasteiger partial charge on any atom is 0.233 e. The van der Waals surface area contributed by atoms with Crippen molar-refractivity contribution in [3.8, 4) is 17.4 Å². The third-order valence-corrected chi connectivity index (χ3v) is 5.80. The highest BCUT2D eigenvalue weighted by Gasteiger charge is 2.33. The van der Waals surface area contributed by atoms with Crippen molar-refractivity contribution < 1.29 is 9.53 Å². The number of imidazole rings is 1. The zero-order valence-electron chi connectivity index (χ0n) is 18.3. The van der Waals surface area contributed by atoms with Gasteiger partial charge in [-0.25, -0.2) is 15.0 Å². The monoisotopic (exact) mass is 433 g/mol. The molecule has 0 spiro atoms. The van der Waals surface area contributed by atoms with Gasteiger partial charge in [0.25, 0.3) is 0 Å². The lowest BCUT2D eigenvalue weighted by molar-refractivity contribution is -0.117. The number of nitrogens with zero attached hydrogens (tertiary/aromatic N) is 5. The number of hydrogen-bond donors (Lipinski definition) is 2. The molecule has 0 unspecified atom stereocenters. The first kappa shape index (κ1) is 20.4. The zero-order valence-corrected chi connectivity index (χ0v) is 18.3. The Labute approximate surface area is 186 Å². The van der Waals surface area contributed by atoms with Crippen molar-refractivity contribution in [3.63, 3.8) is 0 Å². The van der Waals surface area contributed by atoms with E-state index < -0.39 is 0 Å². The van der Waals surface area contributed by atoms with E-state index in [1.807, 2.05) is 44.6 Å².